The molecular weight excluding hydrogens is 528 g/mol. The van der Waals surface area contributed by atoms with Gasteiger partial charge in [-0.25, -0.2) is 18.2 Å². The van der Waals surface area contributed by atoms with Crippen LogP contribution < -0.4 is 14.8 Å². The van der Waals surface area contributed by atoms with Crippen molar-refractivity contribution in [2.24, 2.45) is 0 Å². The number of anilines is 2. The van der Waals surface area contributed by atoms with Crippen LogP contribution in [0, 0.1) is 19.3 Å². The van der Waals surface area contributed by atoms with Crippen LogP contribution in [-0.2, 0) is 16.6 Å². The standard InChI is InChI=1S/C29H34N6O4S/c1-4-5-16-35(29(36)32-25-8-6-22(2)30-20-25)26-14-17-34(18-15-26)21-23-7-13-28(31-19-23)39-27-11-9-24(10-12-27)33-40(3,37)38/h1,6-13,19-20,26,33H,5,14-18,21H2,2-3H3,(H,32,36). The fourth-order valence-corrected chi connectivity index (χ4v) is 5.07. The first kappa shape index (κ1) is 28.9. The third kappa shape index (κ3) is 8.69. The number of aromatic nitrogens is 2. The number of rotatable bonds is 10. The highest BCUT2D eigenvalue weighted by molar-refractivity contribution is 7.92. The quantitative estimate of drug-likeness (QED) is 0.350. The van der Waals surface area contributed by atoms with Gasteiger partial charge in [-0.2, -0.15) is 0 Å². The van der Waals surface area contributed by atoms with E-state index in [2.05, 4.69) is 30.8 Å². The second kappa shape index (κ2) is 13.3. The summed E-state index contributed by atoms with van der Waals surface area (Å²) in [6.45, 7) is 4.86. The topological polar surface area (TPSA) is 117 Å². The Kier molecular flexibility index (Phi) is 9.58. The molecule has 210 valence electrons. The Hall–Kier alpha value is -4.14. The molecule has 2 aromatic heterocycles. The predicted octanol–water partition coefficient (Wildman–Crippen LogP) is 4.47. The van der Waals surface area contributed by atoms with Crippen LogP contribution in [-0.4, -0.2) is 66.1 Å². The maximum atomic E-state index is 13.1. The Morgan fingerprint density at radius 3 is 2.40 bits per heavy atom. The van der Waals surface area contributed by atoms with Gasteiger partial charge in [-0.15, -0.1) is 12.3 Å². The number of nitrogens with zero attached hydrogens (tertiary/aromatic N) is 4. The van der Waals surface area contributed by atoms with Crippen LogP contribution in [0.4, 0.5) is 16.2 Å². The summed E-state index contributed by atoms with van der Waals surface area (Å²) >= 11 is 0. The number of piperidine rings is 1. The number of nitrogens with one attached hydrogen (secondary N) is 2. The number of likely N-dealkylation sites (tertiary alicyclic amines) is 1. The second-order valence-electron chi connectivity index (χ2n) is 9.78. The van der Waals surface area contributed by atoms with E-state index in [0.717, 1.165) is 50.0 Å². The first-order chi connectivity index (χ1) is 19.2. The lowest BCUT2D eigenvalue weighted by Gasteiger charge is -2.38. The number of pyridine rings is 2. The molecule has 3 aromatic rings. The van der Waals surface area contributed by atoms with E-state index in [4.69, 9.17) is 11.2 Å². The highest BCUT2D eigenvalue weighted by atomic mass is 32.2. The van der Waals surface area contributed by atoms with Gasteiger partial charge in [0.05, 0.1) is 18.1 Å². The van der Waals surface area contributed by atoms with E-state index < -0.39 is 10.0 Å². The number of ether oxygens (including phenoxy) is 1. The molecule has 0 bridgehead atoms. The average Bonchev–Trinajstić information content (AvgIpc) is 2.92. The van der Waals surface area contributed by atoms with Gasteiger partial charge in [-0.1, -0.05) is 6.07 Å². The second-order valence-corrected chi connectivity index (χ2v) is 11.5. The molecular formula is C29H34N6O4S. The highest BCUT2D eigenvalue weighted by Gasteiger charge is 2.28. The normalized spacial score (nSPS) is 14.2. The Bertz CT molecular complexity index is 1410. The molecule has 11 heteroatoms. The molecule has 1 saturated heterocycles. The number of carbonyl (C=O) groups is 1. The Morgan fingerprint density at radius 2 is 1.80 bits per heavy atom. The first-order valence-corrected chi connectivity index (χ1v) is 14.9. The number of sulfonamides is 1. The van der Waals surface area contributed by atoms with Crippen molar-refractivity contribution in [2.45, 2.75) is 38.8 Å². The molecule has 0 radical (unpaired) electrons. The minimum absolute atomic E-state index is 0.107. The van der Waals surface area contributed by atoms with E-state index in [1.54, 1.807) is 36.7 Å². The summed E-state index contributed by atoms with van der Waals surface area (Å²) in [4.78, 5) is 25.9. The maximum absolute atomic E-state index is 13.1. The summed E-state index contributed by atoms with van der Waals surface area (Å²) in [5.41, 5.74) is 3.08. The molecule has 0 saturated carbocycles. The van der Waals surface area contributed by atoms with Crippen molar-refractivity contribution >= 4 is 27.4 Å². The Labute approximate surface area is 235 Å². The van der Waals surface area contributed by atoms with E-state index in [1.807, 2.05) is 36.1 Å². The minimum atomic E-state index is -3.33. The number of carbonyl (C=O) groups excluding carboxylic acids is 1. The number of aryl methyl sites for hydroxylation is 1. The van der Waals surface area contributed by atoms with Crippen LogP contribution >= 0.6 is 0 Å². The van der Waals surface area contributed by atoms with Gasteiger partial charge in [0.25, 0.3) is 0 Å². The van der Waals surface area contributed by atoms with Crippen molar-refractivity contribution < 1.29 is 17.9 Å². The van der Waals surface area contributed by atoms with Gasteiger partial charge in [-0.05, 0) is 61.7 Å². The van der Waals surface area contributed by atoms with Crippen molar-refractivity contribution in [3.05, 3.63) is 72.2 Å². The van der Waals surface area contributed by atoms with Gasteiger partial charge < -0.3 is 15.0 Å². The number of benzene rings is 1. The van der Waals surface area contributed by atoms with Crippen LogP contribution in [0.5, 0.6) is 11.6 Å². The third-order valence-corrected chi connectivity index (χ3v) is 7.11. The summed E-state index contributed by atoms with van der Waals surface area (Å²) in [6.07, 6.45) is 12.3. The molecule has 2 N–H and O–H groups in total. The van der Waals surface area contributed by atoms with E-state index in [-0.39, 0.29) is 12.1 Å². The molecule has 40 heavy (non-hydrogen) atoms. The molecule has 10 nitrogen and oxygen atoms in total. The molecule has 1 aliphatic heterocycles. The number of hydrogen-bond acceptors (Lipinski definition) is 7. The van der Waals surface area contributed by atoms with Gasteiger partial charge in [0.1, 0.15) is 5.75 Å². The zero-order valence-electron chi connectivity index (χ0n) is 22.7. The fourth-order valence-electron chi connectivity index (χ4n) is 4.51. The van der Waals surface area contributed by atoms with Crippen molar-refractivity contribution in [1.29, 1.82) is 0 Å². The van der Waals surface area contributed by atoms with Gasteiger partial charge in [0.2, 0.25) is 15.9 Å². The Balaban J connectivity index is 1.27. The SMILES string of the molecule is C#CCCN(C(=O)Nc1ccc(C)nc1)C1CCN(Cc2ccc(Oc3ccc(NS(C)(=O)=O)cc3)nc2)CC1. The molecule has 1 fully saturated rings. The molecule has 3 heterocycles. The van der Waals surface area contributed by atoms with Crippen molar-refractivity contribution in [3.8, 4) is 24.0 Å². The van der Waals surface area contributed by atoms with Crippen LogP contribution in [0.15, 0.2) is 60.9 Å². The van der Waals surface area contributed by atoms with E-state index in [9.17, 15) is 13.2 Å². The summed E-state index contributed by atoms with van der Waals surface area (Å²) in [6, 6.07) is 14.1. The first-order valence-electron chi connectivity index (χ1n) is 13.1. The monoisotopic (exact) mass is 562 g/mol. The number of urea groups is 1. The lowest BCUT2D eigenvalue weighted by Crippen LogP contribution is -2.49. The zero-order chi connectivity index (χ0) is 28.5. The van der Waals surface area contributed by atoms with E-state index in [1.165, 1.54) is 0 Å². The largest absolute Gasteiger partial charge is 0.439 e. The summed E-state index contributed by atoms with van der Waals surface area (Å²) in [5.74, 6) is 3.65. The lowest BCUT2D eigenvalue weighted by molar-refractivity contribution is 0.124. The summed E-state index contributed by atoms with van der Waals surface area (Å²) in [5, 5.41) is 2.96. The van der Waals surface area contributed by atoms with Crippen molar-refractivity contribution in [1.82, 2.24) is 19.8 Å². The van der Waals surface area contributed by atoms with Crippen molar-refractivity contribution in [2.75, 3.05) is 35.9 Å². The molecule has 0 unspecified atom stereocenters. The minimum Gasteiger partial charge on any atom is -0.439 e. The average molecular weight is 563 g/mol. The van der Waals surface area contributed by atoms with Crippen LogP contribution in [0.2, 0.25) is 0 Å². The maximum Gasteiger partial charge on any atom is 0.322 e. The highest BCUT2D eigenvalue weighted by Crippen LogP contribution is 2.24. The smallest absolute Gasteiger partial charge is 0.322 e. The number of terminal acetylenes is 1. The molecule has 0 spiro atoms. The summed E-state index contributed by atoms with van der Waals surface area (Å²) in [7, 11) is -3.33. The third-order valence-electron chi connectivity index (χ3n) is 6.50. The van der Waals surface area contributed by atoms with Crippen molar-refractivity contribution in [3.63, 3.8) is 0 Å². The van der Waals surface area contributed by atoms with Crippen LogP contribution in [0.25, 0.3) is 0 Å². The van der Waals surface area contributed by atoms with Gasteiger partial charge >= 0.3 is 6.03 Å². The Morgan fingerprint density at radius 1 is 1.07 bits per heavy atom. The van der Waals surface area contributed by atoms with Gasteiger partial charge in [0, 0.05) is 62.3 Å². The number of hydrogen-bond donors (Lipinski definition) is 2. The molecule has 2 amide bonds. The van der Waals surface area contributed by atoms with Crippen LogP contribution in [0.1, 0.15) is 30.5 Å². The lowest BCUT2D eigenvalue weighted by atomic mass is 10.0. The summed E-state index contributed by atoms with van der Waals surface area (Å²) < 4.78 is 30.9. The molecule has 1 aromatic carbocycles. The molecule has 1 aliphatic rings. The molecule has 4 rings (SSSR count). The van der Waals surface area contributed by atoms with E-state index >= 15 is 0 Å². The molecule has 0 atom stereocenters. The fraction of sp³-hybridized carbons (Fsp3) is 0.345. The zero-order valence-corrected chi connectivity index (χ0v) is 23.5. The predicted molar refractivity (Wildman–Crippen MR) is 156 cm³/mol. The van der Waals surface area contributed by atoms with Crippen LogP contribution in [0.3, 0.4) is 0 Å². The van der Waals surface area contributed by atoms with Gasteiger partial charge in [-0.3, -0.25) is 14.6 Å². The van der Waals surface area contributed by atoms with E-state index in [0.29, 0.717) is 36.0 Å². The number of amides is 2. The van der Waals surface area contributed by atoms with Gasteiger partial charge in [0.15, 0.2) is 0 Å². The molecule has 0 aliphatic carbocycles.